The summed E-state index contributed by atoms with van der Waals surface area (Å²) >= 11 is 0. The Labute approximate surface area is 118 Å². The number of nitrogens with zero attached hydrogens (tertiary/aromatic N) is 2. The summed E-state index contributed by atoms with van der Waals surface area (Å²) in [6.07, 6.45) is 0.588. The van der Waals surface area contributed by atoms with Gasteiger partial charge in [-0.3, -0.25) is 4.79 Å². The second-order valence-corrected chi connectivity index (χ2v) is 6.53. The van der Waals surface area contributed by atoms with Crippen LogP contribution in [0.2, 0.25) is 0 Å². The Bertz CT molecular complexity index is 649. The lowest BCUT2D eigenvalue weighted by atomic mass is 10.1. The number of carbonyl (C=O) groups excluding carboxylic acids is 1. The van der Waals surface area contributed by atoms with Crippen molar-refractivity contribution in [3.8, 4) is 6.07 Å². The molecule has 0 saturated carbocycles. The molecule has 1 fully saturated rings. The lowest BCUT2D eigenvalue weighted by Crippen LogP contribution is -2.38. The van der Waals surface area contributed by atoms with E-state index in [2.05, 4.69) is 5.32 Å². The molecule has 7 heteroatoms. The van der Waals surface area contributed by atoms with E-state index in [-0.39, 0.29) is 18.2 Å². The third kappa shape index (κ3) is 3.35. The first-order valence-electron chi connectivity index (χ1n) is 6.25. The van der Waals surface area contributed by atoms with Crippen molar-refractivity contribution < 1.29 is 13.2 Å². The molecular formula is C13H15N3O3S. The van der Waals surface area contributed by atoms with Crippen LogP contribution in [0.5, 0.6) is 0 Å². The van der Waals surface area contributed by atoms with Crippen molar-refractivity contribution in [1.82, 2.24) is 9.62 Å². The summed E-state index contributed by atoms with van der Waals surface area (Å²) in [5.41, 5.74) is 0.801. The van der Waals surface area contributed by atoms with Crippen LogP contribution >= 0.6 is 0 Å². The molecule has 6 nitrogen and oxygen atoms in total. The molecule has 20 heavy (non-hydrogen) atoms. The zero-order valence-electron chi connectivity index (χ0n) is 10.9. The molecule has 1 saturated heterocycles. The van der Waals surface area contributed by atoms with Crippen LogP contribution in [-0.4, -0.2) is 38.3 Å². The van der Waals surface area contributed by atoms with Gasteiger partial charge in [0.05, 0.1) is 23.9 Å². The molecule has 0 bridgehead atoms. The Balaban J connectivity index is 2.22. The van der Waals surface area contributed by atoms with Crippen molar-refractivity contribution in [2.75, 3.05) is 19.6 Å². The highest BCUT2D eigenvalue weighted by molar-refractivity contribution is 7.88. The molecule has 1 aromatic carbocycles. The van der Waals surface area contributed by atoms with E-state index >= 15 is 0 Å². The molecule has 0 aromatic heterocycles. The average Bonchev–Trinajstić information content (AvgIpc) is 2.64. The van der Waals surface area contributed by atoms with Gasteiger partial charge in [-0.15, -0.1) is 0 Å². The first kappa shape index (κ1) is 14.5. The minimum atomic E-state index is -3.60. The van der Waals surface area contributed by atoms with Crippen LogP contribution in [0.1, 0.15) is 17.5 Å². The van der Waals surface area contributed by atoms with Crippen LogP contribution < -0.4 is 5.32 Å². The van der Waals surface area contributed by atoms with Gasteiger partial charge >= 0.3 is 0 Å². The van der Waals surface area contributed by atoms with E-state index in [4.69, 9.17) is 5.26 Å². The minimum Gasteiger partial charge on any atom is -0.355 e. The molecule has 0 aliphatic carbocycles. The molecule has 0 radical (unpaired) electrons. The van der Waals surface area contributed by atoms with Crippen LogP contribution in [-0.2, 0) is 20.6 Å². The molecule has 1 heterocycles. The van der Waals surface area contributed by atoms with Gasteiger partial charge < -0.3 is 5.32 Å². The van der Waals surface area contributed by atoms with Crippen LogP contribution in [0.4, 0.5) is 0 Å². The number of carbonyl (C=O) groups is 1. The maximum atomic E-state index is 12.4. The van der Waals surface area contributed by atoms with E-state index in [1.807, 2.05) is 6.07 Å². The first-order valence-corrected chi connectivity index (χ1v) is 7.86. The van der Waals surface area contributed by atoms with E-state index in [9.17, 15) is 13.2 Å². The molecule has 1 amide bonds. The summed E-state index contributed by atoms with van der Waals surface area (Å²) in [5, 5.41) is 11.6. The number of hydrogen-bond acceptors (Lipinski definition) is 4. The largest absolute Gasteiger partial charge is 0.355 e. The zero-order chi connectivity index (χ0) is 14.6. The Morgan fingerprint density at radius 1 is 1.35 bits per heavy atom. The number of amides is 1. The van der Waals surface area contributed by atoms with Gasteiger partial charge in [-0.05, 0) is 18.1 Å². The lowest BCUT2D eigenvalue weighted by Gasteiger charge is -2.19. The predicted octanol–water partition coefficient (Wildman–Crippen LogP) is 0.210. The Morgan fingerprint density at radius 3 is 2.85 bits per heavy atom. The summed E-state index contributed by atoms with van der Waals surface area (Å²) < 4.78 is 25.9. The maximum Gasteiger partial charge on any atom is 0.235 e. The van der Waals surface area contributed by atoms with Crippen LogP contribution in [0, 0.1) is 11.3 Å². The van der Waals surface area contributed by atoms with Crippen LogP contribution in [0.15, 0.2) is 24.3 Å². The predicted molar refractivity (Wildman–Crippen MR) is 73.0 cm³/mol. The number of nitrogens with one attached hydrogen (secondary N) is 1. The van der Waals surface area contributed by atoms with Crippen molar-refractivity contribution >= 4 is 15.9 Å². The van der Waals surface area contributed by atoms with Crippen LogP contribution in [0.3, 0.4) is 0 Å². The highest BCUT2D eigenvalue weighted by atomic mass is 32.2. The molecule has 0 atom stereocenters. The van der Waals surface area contributed by atoms with Crippen molar-refractivity contribution in [3.63, 3.8) is 0 Å². The number of sulfonamides is 1. The Morgan fingerprint density at radius 2 is 2.10 bits per heavy atom. The quantitative estimate of drug-likeness (QED) is 0.862. The van der Waals surface area contributed by atoms with E-state index in [1.165, 1.54) is 4.31 Å². The summed E-state index contributed by atoms with van der Waals surface area (Å²) in [6.45, 7) is 0.645. The van der Waals surface area contributed by atoms with Gasteiger partial charge in [-0.1, -0.05) is 18.2 Å². The summed E-state index contributed by atoms with van der Waals surface area (Å²) in [6, 6.07) is 8.57. The SMILES string of the molecule is N#Cc1ccccc1CS(=O)(=O)N1CCCNC(=O)C1. The van der Waals surface area contributed by atoms with Gasteiger partial charge in [0.1, 0.15) is 0 Å². The average molecular weight is 293 g/mol. The highest BCUT2D eigenvalue weighted by Crippen LogP contribution is 2.15. The fraction of sp³-hybridized carbons (Fsp3) is 0.385. The van der Waals surface area contributed by atoms with Gasteiger partial charge in [0.2, 0.25) is 15.9 Å². The van der Waals surface area contributed by atoms with Crippen molar-refractivity contribution in [1.29, 1.82) is 5.26 Å². The molecule has 1 aliphatic heterocycles. The highest BCUT2D eigenvalue weighted by Gasteiger charge is 2.27. The molecule has 106 valence electrons. The molecule has 1 aromatic rings. The fourth-order valence-corrected chi connectivity index (χ4v) is 3.61. The van der Waals surface area contributed by atoms with Gasteiger partial charge in [0, 0.05) is 13.1 Å². The van der Waals surface area contributed by atoms with Gasteiger partial charge in [0.15, 0.2) is 0 Å². The monoisotopic (exact) mass is 293 g/mol. The van der Waals surface area contributed by atoms with Gasteiger partial charge in [0.25, 0.3) is 0 Å². The van der Waals surface area contributed by atoms with E-state index in [0.717, 1.165) is 0 Å². The number of nitriles is 1. The van der Waals surface area contributed by atoms with E-state index in [1.54, 1.807) is 24.3 Å². The van der Waals surface area contributed by atoms with Crippen molar-refractivity contribution in [3.05, 3.63) is 35.4 Å². The molecule has 0 unspecified atom stereocenters. The minimum absolute atomic E-state index is 0.156. The second kappa shape index (κ2) is 6.03. The topological polar surface area (TPSA) is 90.3 Å². The maximum absolute atomic E-state index is 12.4. The second-order valence-electron chi connectivity index (χ2n) is 4.56. The van der Waals surface area contributed by atoms with Gasteiger partial charge in [-0.25, -0.2) is 8.42 Å². The first-order chi connectivity index (χ1) is 9.53. The number of hydrogen-bond donors (Lipinski definition) is 1. The third-order valence-electron chi connectivity index (χ3n) is 3.10. The molecule has 1 aliphatic rings. The molecule has 0 spiro atoms. The summed E-state index contributed by atoms with van der Waals surface area (Å²) in [5.74, 6) is -0.552. The fourth-order valence-electron chi connectivity index (χ4n) is 2.06. The number of benzene rings is 1. The summed E-state index contributed by atoms with van der Waals surface area (Å²) in [7, 11) is -3.60. The molecule has 1 N–H and O–H groups in total. The molecule has 2 rings (SSSR count). The van der Waals surface area contributed by atoms with Crippen molar-refractivity contribution in [2.45, 2.75) is 12.2 Å². The zero-order valence-corrected chi connectivity index (χ0v) is 11.7. The standard InChI is InChI=1S/C13H15N3O3S/c14-8-11-4-1-2-5-12(11)10-20(18,19)16-7-3-6-15-13(17)9-16/h1-2,4-5H,3,6-7,9-10H2,(H,15,17). The molecular weight excluding hydrogens is 278 g/mol. The van der Waals surface area contributed by atoms with E-state index < -0.39 is 10.0 Å². The Hall–Kier alpha value is -1.91. The van der Waals surface area contributed by atoms with Crippen LogP contribution in [0.25, 0.3) is 0 Å². The van der Waals surface area contributed by atoms with Gasteiger partial charge in [-0.2, -0.15) is 9.57 Å². The van der Waals surface area contributed by atoms with E-state index in [0.29, 0.717) is 30.6 Å². The normalized spacial score (nSPS) is 17.1. The smallest absolute Gasteiger partial charge is 0.235 e. The summed E-state index contributed by atoms with van der Waals surface area (Å²) in [4.78, 5) is 11.4. The Kier molecular flexibility index (Phi) is 4.37. The third-order valence-corrected chi connectivity index (χ3v) is 4.87. The lowest BCUT2D eigenvalue weighted by molar-refractivity contribution is -0.120. The number of rotatable bonds is 3. The van der Waals surface area contributed by atoms with Crippen molar-refractivity contribution in [2.24, 2.45) is 0 Å².